The minimum Gasteiger partial charge on any atom is -0.359 e. The number of halogens is 1. The number of para-hydroxylation sites is 1. The quantitative estimate of drug-likeness (QED) is 0.680. The van der Waals surface area contributed by atoms with Crippen LogP contribution in [0.25, 0.3) is 10.9 Å². The lowest BCUT2D eigenvalue weighted by Crippen LogP contribution is -1.95. The van der Waals surface area contributed by atoms with Crippen molar-refractivity contribution in [1.82, 2.24) is 15.0 Å². The lowest BCUT2D eigenvalue weighted by molar-refractivity contribution is 1.17. The van der Waals surface area contributed by atoms with E-state index in [0.29, 0.717) is 11.1 Å². The second-order valence-electron chi connectivity index (χ2n) is 3.58. The molecule has 0 amide bonds. The first kappa shape index (κ1) is 10.1. The highest BCUT2D eigenvalue weighted by atomic mass is 35.5. The molecule has 0 fully saturated rings. The first-order valence-electron chi connectivity index (χ1n) is 5.14. The van der Waals surface area contributed by atoms with Gasteiger partial charge in [0.15, 0.2) is 0 Å². The molecule has 17 heavy (non-hydrogen) atoms. The normalized spacial score (nSPS) is 10.6. The molecule has 3 aromatic rings. The molecule has 2 heterocycles. The number of hydrogen-bond donors (Lipinski definition) is 2. The zero-order chi connectivity index (χ0) is 11.7. The Kier molecular flexibility index (Phi) is 2.42. The summed E-state index contributed by atoms with van der Waals surface area (Å²) in [6.45, 7) is 0. The summed E-state index contributed by atoms with van der Waals surface area (Å²) >= 11 is 5.80. The number of anilines is 2. The molecule has 0 saturated heterocycles. The lowest BCUT2D eigenvalue weighted by atomic mass is 10.2. The maximum atomic E-state index is 5.80. The van der Waals surface area contributed by atoms with Gasteiger partial charge in [-0.1, -0.05) is 29.8 Å². The highest BCUT2D eigenvalue weighted by Gasteiger charge is 2.04. The third-order valence-electron chi connectivity index (χ3n) is 2.46. The zero-order valence-corrected chi connectivity index (χ0v) is 9.57. The summed E-state index contributed by atoms with van der Waals surface area (Å²) in [7, 11) is 0. The fourth-order valence-corrected chi connectivity index (χ4v) is 1.83. The van der Waals surface area contributed by atoms with E-state index in [1.807, 2.05) is 30.5 Å². The molecule has 0 saturated carbocycles. The van der Waals surface area contributed by atoms with E-state index >= 15 is 0 Å². The number of rotatable bonds is 2. The molecule has 2 aromatic heterocycles. The maximum Gasteiger partial charge on any atom is 0.228 e. The van der Waals surface area contributed by atoms with E-state index in [4.69, 9.17) is 11.6 Å². The van der Waals surface area contributed by atoms with Gasteiger partial charge in [0.05, 0.1) is 5.69 Å². The molecule has 0 aliphatic carbocycles. The fraction of sp³-hybridized carbons (Fsp3) is 0. The van der Waals surface area contributed by atoms with E-state index in [9.17, 15) is 0 Å². The molecule has 2 N–H and O–H groups in total. The van der Waals surface area contributed by atoms with Crippen LogP contribution in [0.4, 0.5) is 11.6 Å². The van der Waals surface area contributed by atoms with Gasteiger partial charge < -0.3 is 10.3 Å². The number of fused-ring (bicyclic) bond motifs is 1. The van der Waals surface area contributed by atoms with E-state index in [2.05, 4.69) is 20.3 Å². The molecule has 84 valence electrons. The van der Waals surface area contributed by atoms with E-state index in [0.717, 1.165) is 16.6 Å². The van der Waals surface area contributed by atoms with Crippen molar-refractivity contribution in [3.8, 4) is 0 Å². The molecular weight excluding hydrogens is 236 g/mol. The van der Waals surface area contributed by atoms with E-state index in [1.165, 1.54) is 0 Å². The highest BCUT2D eigenvalue weighted by molar-refractivity contribution is 6.29. The number of aromatic amines is 1. The van der Waals surface area contributed by atoms with Crippen LogP contribution in [-0.2, 0) is 0 Å². The highest BCUT2D eigenvalue weighted by Crippen LogP contribution is 2.24. The number of hydrogen-bond acceptors (Lipinski definition) is 3. The number of aromatic nitrogens is 3. The van der Waals surface area contributed by atoms with Gasteiger partial charge in [0.1, 0.15) is 5.15 Å². The molecular formula is C12H9ClN4. The molecule has 0 aliphatic heterocycles. The van der Waals surface area contributed by atoms with E-state index < -0.39 is 0 Å². The molecule has 5 heteroatoms. The van der Waals surface area contributed by atoms with Crippen LogP contribution in [-0.4, -0.2) is 15.0 Å². The third kappa shape index (κ3) is 1.94. The van der Waals surface area contributed by atoms with Crippen LogP contribution in [0.3, 0.4) is 0 Å². The predicted molar refractivity (Wildman–Crippen MR) is 68.6 cm³/mol. The Bertz CT molecular complexity index is 662. The largest absolute Gasteiger partial charge is 0.359 e. The standard InChI is InChI=1S/C12H9ClN4/c13-11-5-6-14-12(17-11)16-10-7-15-9-4-2-1-3-8(9)10/h1-7,15H,(H,14,16,17). The van der Waals surface area contributed by atoms with Crippen LogP contribution in [0.2, 0.25) is 5.15 Å². The van der Waals surface area contributed by atoms with E-state index in [1.54, 1.807) is 12.3 Å². The van der Waals surface area contributed by atoms with Crippen molar-refractivity contribution in [3.63, 3.8) is 0 Å². The van der Waals surface area contributed by atoms with Gasteiger partial charge in [0, 0.05) is 23.3 Å². The van der Waals surface area contributed by atoms with Crippen molar-refractivity contribution in [1.29, 1.82) is 0 Å². The van der Waals surface area contributed by atoms with Gasteiger partial charge in [-0.2, -0.15) is 0 Å². The average Bonchev–Trinajstić information content (AvgIpc) is 2.73. The van der Waals surface area contributed by atoms with Gasteiger partial charge in [-0.15, -0.1) is 0 Å². The van der Waals surface area contributed by atoms with Crippen LogP contribution in [0.1, 0.15) is 0 Å². The van der Waals surface area contributed by atoms with Gasteiger partial charge in [0.25, 0.3) is 0 Å². The molecule has 1 aromatic carbocycles. The molecule has 0 atom stereocenters. The minimum absolute atomic E-state index is 0.419. The van der Waals surface area contributed by atoms with Crippen molar-refractivity contribution in [2.45, 2.75) is 0 Å². The van der Waals surface area contributed by atoms with Crippen LogP contribution in [0.15, 0.2) is 42.7 Å². The minimum atomic E-state index is 0.419. The summed E-state index contributed by atoms with van der Waals surface area (Å²) in [6.07, 6.45) is 3.50. The van der Waals surface area contributed by atoms with Crippen LogP contribution < -0.4 is 5.32 Å². The third-order valence-corrected chi connectivity index (χ3v) is 2.67. The van der Waals surface area contributed by atoms with Gasteiger partial charge in [-0.3, -0.25) is 0 Å². The second kappa shape index (κ2) is 4.07. The first-order chi connectivity index (χ1) is 8.33. The predicted octanol–water partition coefficient (Wildman–Crippen LogP) is 3.35. The molecule has 0 bridgehead atoms. The molecule has 0 radical (unpaired) electrons. The van der Waals surface area contributed by atoms with Gasteiger partial charge in [0.2, 0.25) is 5.95 Å². The first-order valence-corrected chi connectivity index (χ1v) is 5.52. The smallest absolute Gasteiger partial charge is 0.228 e. The molecule has 0 spiro atoms. The Morgan fingerprint density at radius 2 is 2.06 bits per heavy atom. The molecule has 0 aliphatic rings. The Morgan fingerprint density at radius 3 is 2.94 bits per heavy atom. The van der Waals surface area contributed by atoms with Gasteiger partial charge >= 0.3 is 0 Å². The number of benzene rings is 1. The Labute approximate surface area is 103 Å². The summed E-state index contributed by atoms with van der Waals surface area (Å²) < 4.78 is 0. The summed E-state index contributed by atoms with van der Waals surface area (Å²) in [5, 5.41) is 4.64. The van der Waals surface area contributed by atoms with E-state index in [-0.39, 0.29) is 0 Å². The lowest BCUT2D eigenvalue weighted by Gasteiger charge is -2.02. The SMILES string of the molecule is Clc1ccnc(Nc2c[nH]c3ccccc23)n1. The summed E-state index contributed by atoms with van der Waals surface area (Å²) in [6, 6.07) is 9.65. The second-order valence-corrected chi connectivity index (χ2v) is 3.96. The molecule has 4 nitrogen and oxygen atoms in total. The number of nitrogens with zero attached hydrogens (tertiary/aromatic N) is 2. The Balaban J connectivity index is 2.00. The van der Waals surface area contributed by atoms with Gasteiger partial charge in [-0.25, -0.2) is 9.97 Å². The average molecular weight is 245 g/mol. The monoisotopic (exact) mass is 244 g/mol. The van der Waals surface area contributed by atoms with Crippen LogP contribution >= 0.6 is 11.6 Å². The maximum absolute atomic E-state index is 5.80. The molecule has 0 unspecified atom stereocenters. The molecule has 3 rings (SSSR count). The Hall–Kier alpha value is -2.07. The summed E-state index contributed by atoms with van der Waals surface area (Å²) in [5.74, 6) is 0.488. The van der Waals surface area contributed by atoms with Crippen LogP contribution in [0.5, 0.6) is 0 Å². The van der Waals surface area contributed by atoms with Gasteiger partial charge in [-0.05, 0) is 12.1 Å². The Morgan fingerprint density at radius 1 is 1.18 bits per heavy atom. The fourth-order valence-electron chi connectivity index (χ4n) is 1.69. The summed E-state index contributed by atoms with van der Waals surface area (Å²) in [5.41, 5.74) is 2.00. The van der Waals surface area contributed by atoms with Crippen molar-refractivity contribution < 1.29 is 0 Å². The topological polar surface area (TPSA) is 53.6 Å². The number of H-pyrrole nitrogens is 1. The van der Waals surface area contributed by atoms with Crippen LogP contribution in [0, 0.1) is 0 Å². The van der Waals surface area contributed by atoms with Crippen molar-refractivity contribution in [2.24, 2.45) is 0 Å². The van der Waals surface area contributed by atoms with Crippen molar-refractivity contribution in [3.05, 3.63) is 47.9 Å². The van der Waals surface area contributed by atoms with Crippen molar-refractivity contribution >= 4 is 34.1 Å². The number of nitrogens with one attached hydrogen (secondary N) is 2. The summed E-state index contributed by atoms with van der Waals surface area (Å²) in [4.78, 5) is 11.4. The van der Waals surface area contributed by atoms with Crippen molar-refractivity contribution in [2.75, 3.05) is 5.32 Å². The zero-order valence-electron chi connectivity index (χ0n) is 8.81.